The van der Waals surface area contributed by atoms with Crippen molar-refractivity contribution in [2.75, 3.05) is 21.3 Å². The monoisotopic (exact) mass is 530 g/mol. The Morgan fingerprint density at radius 2 is 1.38 bits per heavy atom. The number of ether oxygens (including phenoxy) is 1. The summed E-state index contributed by atoms with van der Waals surface area (Å²) in [7, 11) is 0.984. The third kappa shape index (κ3) is 5.01. The maximum absolute atomic E-state index is 14.5. The molecule has 0 saturated heterocycles. The first-order valence-corrected chi connectivity index (χ1v) is 15.9. The summed E-state index contributed by atoms with van der Waals surface area (Å²) in [5.41, 5.74) is 4.73. The minimum Gasteiger partial charge on any atom is -0.496 e. The molecule has 0 radical (unpaired) electrons. The lowest BCUT2D eigenvalue weighted by atomic mass is 9.75. The van der Waals surface area contributed by atoms with Gasteiger partial charge in [0.2, 0.25) is 0 Å². The Balaban J connectivity index is 1.85. The second kappa shape index (κ2) is 11.4. The van der Waals surface area contributed by atoms with Crippen molar-refractivity contribution in [2.45, 2.75) is 108 Å². The van der Waals surface area contributed by atoms with E-state index in [-0.39, 0.29) is 23.0 Å². The number of hydrogen-bond acceptors (Lipinski definition) is 5. The number of fused-ring (bicyclic) bond motifs is 1. The fraction of sp³-hybridized carbons (Fsp3) is 0.710. The normalized spacial score (nSPS) is 20.1. The van der Waals surface area contributed by atoms with Gasteiger partial charge >= 0.3 is 7.60 Å². The average Bonchev–Trinajstić information content (AvgIpc) is 3.62. The van der Waals surface area contributed by atoms with Gasteiger partial charge in [-0.05, 0) is 97.5 Å². The number of hydrogen-bond donors (Lipinski definition) is 0. The molecule has 0 aliphatic heterocycles. The van der Waals surface area contributed by atoms with Gasteiger partial charge in [-0.25, -0.2) is 0 Å². The van der Waals surface area contributed by atoms with E-state index in [2.05, 4.69) is 26.8 Å². The Morgan fingerprint density at radius 1 is 0.865 bits per heavy atom. The van der Waals surface area contributed by atoms with Gasteiger partial charge in [-0.2, -0.15) is 0 Å². The molecular weight excluding hydrogens is 483 g/mol. The molecule has 4 rings (SSSR count). The van der Waals surface area contributed by atoms with Crippen LogP contribution in [-0.4, -0.2) is 32.3 Å². The molecule has 0 amide bonds. The molecule has 0 bridgehead atoms. The summed E-state index contributed by atoms with van der Waals surface area (Å²) in [4.78, 5) is 14.5. The zero-order valence-electron chi connectivity index (χ0n) is 23.9. The van der Waals surface area contributed by atoms with E-state index in [4.69, 9.17) is 13.8 Å². The molecule has 0 aromatic heterocycles. The van der Waals surface area contributed by atoms with Crippen molar-refractivity contribution in [1.29, 1.82) is 0 Å². The molecule has 206 valence electrons. The van der Waals surface area contributed by atoms with Crippen LogP contribution in [-0.2, 0) is 36.7 Å². The minimum absolute atomic E-state index is 0.0217. The topological polar surface area (TPSA) is 61.8 Å². The molecule has 2 saturated carbocycles. The van der Waals surface area contributed by atoms with Crippen molar-refractivity contribution >= 4 is 19.5 Å². The highest BCUT2D eigenvalue weighted by Gasteiger charge is 2.64. The van der Waals surface area contributed by atoms with Crippen molar-refractivity contribution in [1.82, 2.24) is 0 Å². The lowest BCUT2D eigenvalue weighted by molar-refractivity contribution is -0.120. The molecular formula is C31H47O5P. The third-order valence-corrected chi connectivity index (χ3v) is 12.2. The molecule has 5 nitrogen and oxygen atoms in total. The van der Waals surface area contributed by atoms with Crippen molar-refractivity contribution < 1.29 is 23.1 Å². The lowest BCUT2D eigenvalue weighted by Crippen LogP contribution is -2.50. The largest absolute Gasteiger partial charge is 0.496 e. The first-order chi connectivity index (χ1) is 17.6. The number of rotatable bonds is 9. The van der Waals surface area contributed by atoms with Gasteiger partial charge in [0, 0.05) is 19.8 Å². The molecule has 37 heavy (non-hydrogen) atoms. The highest BCUT2D eigenvalue weighted by atomic mass is 31.2. The zero-order chi connectivity index (χ0) is 26.8. The van der Waals surface area contributed by atoms with E-state index in [1.807, 2.05) is 6.08 Å². The van der Waals surface area contributed by atoms with Crippen LogP contribution in [0.2, 0.25) is 0 Å². The summed E-state index contributed by atoms with van der Waals surface area (Å²) in [6.07, 6.45) is 15.8. The first kappa shape index (κ1) is 28.6. The van der Waals surface area contributed by atoms with Crippen LogP contribution in [0.3, 0.4) is 0 Å². The SMILES string of the molecule is COc1c(C(C)(C)C)cc(/C=C/C(=O)C(C2CCCC2)(C2CCCC2)P(=O)(OC)OC)c2c1CCCC2. The predicted octanol–water partition coefficient (Wildman–Crippen LogP) is 8.06. The molecule has 3 aliphatic rings. The van der Waals surface area contributed by atoms with Crippen molar-refractivity contribution in [3.8, 4) is 5.75 Å². The molecule has 0 unspecified atom stereocenters. The third-order valence-electron chi connectivity index (χ3n) is 9.34. The number of ketones is 1. The van der Waals surface area contributed by atoms with E-state index in [9.17, 15) is 9.36 Å². The average molecular weight is 531 g/mol. The Labute approximate surface area is 224 Å². The molecule has 3 aliphatic carbocycles. The summed E-state index contributed by atoms with van der Waals surface area (Å²) < 4.78 is 31.7. The van der Waals surface area contributed by atoms with Crippen molar-refractivity contribution in [3.63, 3.8) is 0 Å². The maximum atomic E-state index is 14.5. The van der Waals surface area contributed by atoms with Gasteiger partial charge in [0.1, 0.15) is 10.9 Å². The Hall–Kier alpha value is -1.42. The van der Waals surface area contributed by atoms with E-state index in [0.29, 0.717) is 0 Å². The van der Waals surface area contributed by atoms with Gasteiger partial charge in [0.15, 0.2) is 5.78 Å². The zero-order valence-corrected chi connectivity index (χ0v) is 24.8. The Bertz CT molecular complexity index is 1030. The van der Waals surface area contributed by atoms with Gasteiger partial charge in [-0.3, -0.25) is 9.36 Å². The Morgan fingerprint density at radius 3 is 1.84 bits per heavy atom. The van der Waals surface area contributed by atoms with Crippen LogP contribution in [0.4, 0.5) is 0 Å². The second-order valence-corrected chi connectivity index (χ2v) is 14.8. The quantitative estimate of drug-likeness (QED) is 0.239. The van der Waals surface area contributed by atoms with Crippen LogP contribution in [0.25, 0.3) is 6.08 Å². The van der Waals surface area contributed by atoms with E-state index in [1.165, 1.54) is 30.9 Å². The number of methoxy groups -OCH3 is 1. The van der Waals surface area contributed by atoms with Gasteiger partial charge in [-0.1, -0.05) is 52.5 Å². The number of allylic oxidation sites excluding steroid dienone is 1. The smallest absolute Gasteiger partial charge is 0.344 e. The van der Waals surface area contributed by atoms with Gasteiger partial charge in [0.05, 0.1) is 7.11 Å². The van der Waals surface area contributed by atoms with Crippen molar-refractivity contribution in [2.24, 2.45) is 11.8 Å². The molecule has 1 aromatic rings. The molecule has 2 fully saturated rings. The van der Waals surface area contributed by atoms with Crippen LogP contribution >= 0.6 is 7.60 Å². The summed E-state index contributed by atoms with van der Waals surface area (Å²) in [6.45, 7) is 6.62. The van der Waals surface area contributed by atoms with Crippen LogP contribution in [0.1, 0.15) is 107 Å². The summed E-state index contributed by atoms with van der Waals surface area (Å²) >= 11 is 0. The highest BCUT2D eigenvalue weighted by Crippen LogP contribution is 2.69. The summed E-state index contributed by atoms with van der Waals surface area (Å²) in [6, 6.07) is 2.21. The minimum atomic E-state index is -3.69. The molecule has 1 aromatic carbocycles. The molecule has 0 spiro atoms. The van der Waals surface area contributed by atoms with Gasteiger partial charge in [0.25, 0.3) is 0 Å². The van der Waals surface area contributed by atoms with Crippen LogP contribution in [0.5, 0.6) is 5.75 Å². The second-order valence-electron chi connectivity index (χ2n) is 12.3. The molecule has 6 heteroatoms. The Kier molecular flexibility index (Phi) is 8.78. The van der Waals surface area contributed by atoms with E-state index in [1.54, 1.807) is 13.2 Å². The lowest BCUT2D eigenvalue weighted by Gasteiger charge is -2.44. The van der Waals surface area contributed by atoms with E-state index >= 15 is 0 Å². The first-order valence-electron chi connectivity index (χ1n) is 14.3. The predicted molar refractivity (Wildman–Crippen MR) is 151 cm³/mol. The molecule has 0 N–H and O–H groups in total. The van der Waals surface area contributed by atoms with Crippen LogP contribution in [0, 0.1) is 11.8 Å². The van der Waals surface area contributed by atoms with Crippen LogP contribution in [0.15, 0.2) is 12.1 Å². The van der Waals surface area contributed by atoms with Gasteiger partial charge in [-0.15, -0.1) is 0 Å². The van der Waals surface area contributed by atoms with E-state index < -0.39 is 12.8 Å². The summed E-state index contributed by atoms with van der Waals surface area (Å²) in [5, 5.41) is -1.11. The summed E-state index contributed by atoms with van der Waals surface area (Å²) in [5.74, 6) is 0.970. The van der Waals surface area contributed by atoms with E-state index in [0.717, 1.165) is 88.4 Å². The molecule has 0 atom stereocenters. The maximum Gasteiger partial charge on any atom is 0.344 e. The fourth-order valence-corrected chi connectivity index (χ4v) is 10.1. The fourth-order valence-electron chi connectivity index (χ4n) is 7.61. The van der Waals surface area contributed by atoms with Gasteiger partial charge < -0.3 is 13.8 Å². The number of benzene rings is 1. The molecule has 0 heterocycles. The van der Waals surface area contributed by atoms with Crippen molar-refractivity contribution in [3.05, 3.63) is 34.4 Å². The standard InChI is InChI=1S/C31H47O5P/c1-30(2,3)27-21-22(25-17-11-12-18-26(25)29(27)34-4)19-20-28(32)31(23-13-7-8-14-23,24-15-9-10-16-24)37(33,35-5)36-6/h19-21,23-24H,7-18H2,1-6H3/b20-19+. The highest BCUT2D eigenvalue weighted by molar-refractivity contribution is 7.57. The number of carbonyl (C=O) groups excluding carboxylic acids is 1. The number of carbonyl (C=O) groups is 1. The van der Waals surface area contributed by atoms with Crippen LogP contribution < -0.4 is 4.74 Å².